The SMILES string of the molecule is NC(=O)c1ccc(Oc2cc(Cl)ccc2N)cc1F. The molecule has 0 aliphatic carbocycles. The maximum atomic E-state index is 13.5. The molecule has 0 saturated heterocycles. The van der Waals surface area contributed by atoms with E-state index in [-0.39, 0.29) is 11.3 Å². The number of halogens is 2. The number of amides is 1. The number of benzene rings is 2. The standard InChI is InChI=1S/C13H10ClFN2O2/c14-7-1-4-11(16)12(5-7)19-8-2-3-9(13(17)18)10(15)6-8/h1-6H,16H2,(H2,17,18). The summed E-state index contributed by atoms with van der Waals surface area (Å²) in [5.74, 6) is -1.10. The van der Waals surface area contributed by atoms with E-state index < -0.39 is 11.7 Å². The van der Waals surface area contributed by atoms with Crippen molar-refractivity contribution in [2.45, 2.75) is 0 Å². The minimum atomic E-state index is -0.841. The Morgan fingerprint density at radius 1 is 1.21 bits per heavy atom. The summed E-state index contributed by atoms with van der Waals surface area (Å²) in [5, 5.41) is 0.443. The maximum absolute atomic E-state index is 13.5. The summed E-state index contributed by atoms with van der Waals surface area (Å²) < 4.78 is 18.9. The highest BCUT2D eigenvalue weighted by Gasteiger charge is 2.10. The van der Waals surface area contributed by atoms with Crippen LogP contribution in [0.4, 0.5) is 10.1 Å². The van der Waals surface area contributed by atoms with E-state index in [0.29, 0.717) is 16.5 Å². The Labute approximate surface area is 113 Å². The van der Waals surface area contributed by atoms with Gasteiger partial charge in [-0.25, -0.2) is 4.39 Å². The largest absolute Gasteiger partial charge is 0.455 e. The van der Waals surface area contributed by atoms with Crippen LogP contribution in [0.5, 0.6) is 11.5 Å². The molecule has 0 saturated carbocycles. The van der Waals surface area contributed by atoms with Crippen LogP contribution in [0, 0.1) is 5.82 Å². The van der Waals surface area contributed by atoms with Crippen molar-refractivity contribution < 1.29 is 13.9 Å². The minimum Gasteiger partial charge on any atom is -0.455 e. The zero-order valence-electron chi connectivity index (χ0n) is 9.69. The lowest BCUT2D eigenvalue weighted by molar-refractivity contribution is 0.0996. The van der Waals surface area contributed by atoms with Gasteiger partial charge in [0.05, 0.1) is 11.3 Å². The summed E-state index contributed by atoms with van der Waals surface area (Å²) in [4.78, 5) is 10.9. The van der Waals surface area contributed by atoms with Crippen LogP contribution in [-0.4, -0.2) is 5.91 Å². The van der Waals surface area contributed by atoms with Crippen LogP contribution in [0.1, 0.15) is 10.4 Å². The van der Waals surface area contributed by atoms with Crippen LogP contribution in [0.25, 0.3) is 0 Å². The summed E-state index contributed by atoms with van der Waals surface area (Å²) in [6.45, 7) is 0. The van der Waals surface area contributed by atoms with Crippen LogP contribution < -0.4 is 16.2 Å². The Balaban J connectivity index is 2.31. The van der Waals surface area contributed by atoms with Crippen molar-refractivity contribution >= 4 is 23.2 Å². The van der Waals surface area contributed by atoms with Gasteiger partial charge in [0, 0.05) is 17.2 Å². The molecule has 4 nitrogen and oxygen atoms in total. The third-order valence-electron chi connectivity index (χ3n) is 2.41. The molecule has 0 aliphatic rings. The van der Waals surface area contributed by atoms with Gasteiger partial charge in [0.25, 0.3) is 5.91 Å². The third kappa shape index (κ3) is 2.95. The van der Waals surface area contributed by atoms with Crippen molar-refractivity contribution in [3.8, 4) is 11.5 Å². The van der Waals surface area contributed by atoms with Crippen LogP contribution in [-0.2, 0) is 0 Å². The van der Waals surface area contributed by atoms with Crippen molar-refractivity contribution in [1.82, 2.24) is 0 Å². The molecule has 2 aromatic carbocycles. The summed E-state index contributed by atoms with van der Waals surface area (Å²) >= 11 is 5.81. The number of hydrogen-bond acceptors (Lipinski definition) is 3. The predicted octanol–water partition coefficient (Wildman–Crippen LogP) is 2.95. The molecule has 2 rings (SSSR count). The quantitative estimate of drug-likeness (QED) is 0.849. The normalized spacial score (nSPS) is 10.2. The average molecular weight is 281 g/mol. The highest BCUT2D eigenvalue weighted by Crippen LogP contribution is 2.30. The lowest BCUT2D eigenvalue weighted by atomic mass is 10.2. The van der Waals surface area contributed by atoms with Gasteiger partial charge in [-0.15, -0.1) is 0 Å². The number of ether oxygens (including phenoxy) is 1. The van der Waals surface area contributed by atoms with E-state index >= 15 is 0 Å². The van der Waals surface area contributed by atoms with Gasteiger partial charge in [-0.1, -0.05) is 11.6 Å². The topological polar surface area (TPSA) is 78.3 Å². The van der Waals surface area contributed by atoms with Crippen LogP contribution >= 0.6 is 11.6 Å². The number of hydrogen-bond donors (Lipinski definition) is 2. The van der Waals surface area contributed by atoms with E-state index in [2.05, 4.69) is 0 Å². The second-order valence-electron chi connectivity index (χ2n) is 3.79. The van der Waals surface area contributed by atoms with Crippen molar-refractivity contribution in [1.29, 1.82) is 0 Å². The average Bonchev–Trinajstić information content (AvgIpc) is 2.33. The predicted molar refractivity (Wildman–Crippen MR) is 70.9 cm³/mol. The van der Waals surface area contributed by atoms with Gasteiger partial charge < -0.3 is 16.2 Å². The Hall–Kier alpha value is -2.27. The Bertz CT molecular complexity index is 647. The second kappa shape index (κ2) is 5.16. The first-order valence-corrected chi connectivity index (χ1v) is 5.67. The van der Waals surface area contributed by atoms with Crippen LogP contribution in [0.3, 0.4) is 0 Å². The summed E-state index contributed by atoms with van der Waals surface area (Å²) in [7, 11) is 0. The zero-order valence-corrected chi connectivity index (χ0v) is 10.4. The zero-order chi connectivity index (χ0) is 14.0. The number of rotatable bonds is 3. The smallest absolute Gasteiger partial charge is 0.251 e. The number of nitrogens with two attached hydrogens (primary N) is 2. The van der Waals surface area contributed by atoms with E-state index in [1.807, 2.05) is 0 Å². The highest BCUT2D eigenvalue weighted by molar-refractivity contribution is 6.30. The van der Waals surface area contributed by atoms with Gasteiger partial charge in [0.1, 0.15) is 11.6 Å². The molecule has 0 unspecified atom stereocenters. The van der Waals surface area contributed by atoms with E-state index in [0.717, 1.165) is 6.07 Å². The monoisotopic (exact) mass is 280 g/mol. The maximum Gasteiger partial charge on any atom is 0.251 e. The van der Waals surface area contributed by atoms with E-state index in [1.54, 1.807) is 12.1 Å². The first-order chi connectivity index (χ1) is 8.97. The summed E-state index contributed by atoms with van der Waals surface area (Å²) in [5.41, 5.74) is 10.9. The molecule has 1 amide bonds. The lowest BCUT2D eigenvalue weighted by Crippen LogP contribution is -2.12. The lowest BCUT2D eigenvalue weighted by Gasteiger charge is -2.09. The minimum absolute atomic E-state index is 0.191. The van der Waals surface area contributed by atoms with Crippen molar-refractivity contribution in [3.05, 3.63) is 52.8 Å². The molecule has 0 bridgehead atoms. The fourth-order valence-corrected chi connectivity index (χ4v) is 1.64. The first kappa shape index (κ1) is 13.2. The van der Waals surface area contributed by atoms with Crippen LogP contribution in [0.2, 0.25) is 5.02 Å². The van der Waals surface area contributed by atoms with Gasteiger partial charge in [-0.3, -0.25) is 4.79 Å². The van der Waals surface area contributed by atoms with Gasteiger partial charge in [0.2, 0.25) is 0 Å². The van der Waals surface area contributed by atoms with Crippen molar-refractivity contribution in [2.24, 2.45) is 5.73 Å². The summed E-state index contributed by atoms with van der Waals surface area (Å²) in [6, 6.07) is 8.42. The van der Waals surface area contributed by atoms with Crippen molar-refractivity contribution in [2.75, 3.05) is 5.73 Å². The molecule has 0 aliphatic heterocycles. The molecule has 98 valence electrons. The molecule has 0 atom stereocenters. The molecular formula is C13H10ClFN2O2. The molecule has 4 N–H and O–H groups in total. The highest BCUT2D eigenvalue weighted by atomic mass is 35.5. The molecule has 0 aromatic heterocycles. The molecule has 0 fully saturated rings. The van der Waals surface area contributed by atoms with Gasteiger partial charge in [-0.2, -0.15) is 0 Å². The molecule has 19 heavy (non-hydrogen) atoms. The second-order valence-corrected chi connectivity index (χ2v) is 4.23. The number of nitrogen functional groups attached to an aromatic ring is 1. The Morgan fingerprint density at radius 3 is 2.58 bits per heavy atom. The van der Waals surface area contributed by atoms with E-state index in [4.69, 9.17) is 27.8 Å². The number of anilines is 1. The van der Waals surface area contributed by atoms with Gasteiger partial charge in [0.15, 0.2) is 5.75 Å². The Morgan fingerprint density at radius 2 is 1.95 bits per heavy atom. The molecular weight excluding hydrogens is 271 g/mol. The Kier molecular flexibility index (Phi) is 3.57. The van der Waals surface area contributed by atoms with Crippen molar-refractivity contribution in [3.63, 3.8) is 0 Å². The van der Waals surface area contributed by atoms with E-state index in [1.165, 1.54) is 18.2 Å². The molecule has 0 radical (unpaired) electrons. The number of primary amides is 1. The molecule has 2 aromatic rings. The van der Waals surface area contributed by atoms with E-state index in [9.17, 15) is 9.18 Å². The van der Waals surface area contributed by atoms with Crippen LogP contribution in [0.15, 0.2) is 36.4 Å². The third-order valence-corrected chi connectivity index (χ3v) is 2.64. The molecule has 6 heteroatoms. The van der Waals surface area contributed by atoms with Gasteiger partial charge in [-0.05, 0) is 24.3 Å². The fraction of sp³-hybridized carbons (Fsp3) is 0. The van der Waals surface area contributed by atoms with Gasteiger partial charge >= 0.3 is 0 Å². The summed E-state index contributed by atoms with van der Waals surface area (Å²) in [6.07, 6.45) is 0. The molecule has 0 spiro atoms. The molecule has 0 heterocycles. The fourth-order valence-electron chi connectivity index (χ4n) is 1.48. The number of carbonyl (C=O) groups excluding carboxylic acids is 1. The first-order valence-electron chi connectivity index (χ1n) is 5.29. The number of carbonyl (C=O) groups is 1.